The Balaban J connectivity index is 1.86. The summed E-state index contributed by atoms with van der Waals surface area (Å²) in [5.74, 6) is 1.35. The first-order chi connectivity index (χ1) is 12.7. The number of aryl methyl sites for hydroxylation is 2. The number of ether oxygens (including phenoxy) is 2. The summed E-state index contributed by atoms with van der Waals surface area (Å²) < 4.78 is 39.5. The number of sulfonamides is 1. The average Bonchev–Trinajstić information content (AvgIpc) is 3.04. The van der Waals surface area contributed by atoms with Crippen molar-refractivity contribution in [1.29, 1.82) is 0 Å². The Morgan fingerprint density at radius 3 is 2.22 bits per heavy atom. The van der Waals surface area contributed by atoms with Crippen molar-refractivity contribution in [2.24, 2.45) is 11.8 Å². The highest BCUT2D eigenvalue weighted by molar-refractivity contribution is 7.89. The maximum Gasteiger partial charge on any atom is 0.243 e. The van der Waals surface area contributed by atoms with Crippen LogP contribution in [0.1, 0.15) is 24.0 Å². The maximum absolute atomic E-state index is 13.4. The third-order valence-corrected chi connectivity index (χ3v) is 8.30. The smallest absolute Gasteiger partial charge is 0.243 e. The predicted octanol–water partition coefficient (Wildman–Crippen LogP) is 2.29. The molecule has 0 radical (unpaired) electrons. The van der Waals surface area contributed by atoms with Crippen LogP contribution in [-0.4, -0.2) is 71.2 Å². The quantitative estimate of drug-likeness (QED) is 0.764. The van der Waals surface area contributed by atoms with E-state index in [1.807, 2.05) is 19.9 Å². The van der Waals surface area contributed by atoms with Crippen LogP contribution in [0.25, 0.3) is 0 Å². The topological polar surface area (TPSA) is 59.1 Å². The van der Waals surface area contributed by atoms with Crippen molar-refractivity contribution >= 4 is 10.0 Å². The average molecular weight is 397 g/mol. The molecule has 1 aromatic rings. The van der Waals surface area contributed by atoms with Crippen LogP contribution in [-0.2, 0) is 14.8 Å². The van der Waals surface area contributed by atoms with Crippen molar-refractivity contribution in [1.82, 2.24) is 9.21 Å². The molecule has 2 fully saturated rings. The Morgan fingerprint density at radius 1 is 1.04 bits per heavy atom. The number of methoxy groups -OCH3 is 2. The summed E-state index contributed by atoms with van der Waals surface area (Å²) in [6.07, 6.45) is 2.04. The second kappa shape index (κ2) is 7.70. The molecule has 1 aliphatic carbocycles. The minimum atomic E-state index is -3.54. The Bertz CT molecular complexity index is 793. The van der Waals surface area contributed by atoms with Gasteiger partial charge in [-0.1, -0.05) is 6.07 Å². The highest BCUT2D eigenvalue weighted by Gasteiger charge is 2.46. The second-order valence-corrected chi connectivity index (χ2v) is 10.1. The number of fused-ring (bicyclic) bond motifs is 1. The largest absolute Gasteiger partial charge is 0.496 e. The molecular formula is C20H32N2O4S. The molecule has 0 amide bonds. The van der Waals surface area contributed by atoms with Gasteiger partial charge in [-0.2, -0.15) is 4.31 Å². The first-order valence-electron chi connectivity index (χ1n) is 9.53. The molecule has 1 saturated heterocycles. The van der Waals surface area contributed by atoms with Crippen LogP contribution in [0.4, 0.5) is 0 Å². The first kappa shape index (κ1) is 20.6. The maximum atomic E-state index is 13.4. The molecule has 1 heterocycles. The molecule has 1 aliphatic heterocycles. The summed E-state index contributed by atoms with van der Waals surface area (Å²) in [5.41, 5.74) is 1.71. The lowest BCUT2D eigenvalue weighted by molar-refractivity contribution is -0.0209. The molecule has 0 N–H and O–H groups in total. The zero-order valence-corrected chi connectivity index (χ0v) is 18.0. The molecule has 0 bridgehead atoms. The zero-order chi connectivity index (χ0) is 19.9. The normalized spacial score (nSPS) is 29.1. The van der Waals surface area contributed by atoms with Gasteiger partial charge in [0.15, 0.2) is 0 Å². The zero-order valence-electron chi connectivity index (χ0n) is 17.2. The molecule has 0 unspecified atom stereocenters. The predicted molar refractivity (Wildman–Crippen MR) is 106 cm³/mol. The minimum absolute atomic E-state index is 0.158. The van der Waals surface area contributed by atoms with Gasteiger partial charge in [-0.3, -0.25) is 0 Å². The van der Waals surface area contributed by atoms with E-state index in [1.54, 1.807) is 24.6 Å². The SMILES string of the molecule is COc1cc(S(=O)(=O)N2C[C@H]3C[C@@H](N(C)C)[C@H](OC)C[C@H]3C2)c(C)cc1C. The van der Waals surface area contributed by atoms with Gasteiger partial charge in [-0.15, -0.1) is 0 Å². The Hall–Kier alpha value is -1.15. The minimum Gasteiger partial charge on any atom is -0.496 e. The van der Waals surface area contributed by atoms with Crippen molar-refractivity contribution < 1.29 is 17.9 Å². The van der Waals surface area contributed by atoms with Gasteiger partial charge in [-0.25, -0.2) is 8.42 Å². The highest BCUT2D eigenvalue weighted by atomic mass is 32.2. The summed E-state index contributed by atoms with van der Waals surface area (Å²) in [7, 11) is 3.93. The van der Waals surface area contributed by atoms with Crippen molar-refractivity contribution in [2.45, 2.75) is 43.7 Å². The van der Waals surface area contributed by atoms with E-state index in [2.05, 4.69) is 19.0 Å². The molecule has 1 aromatic carbocycles. The Morgan fingerprint density at radius 2 is 1.67 bits per heavy atom. The van der Waals surface area contributed by atoms with Gasteiger partial charge in [-0.05, 0) is 63.7 Å². The highest BCUT2D eigenvalue weighted by Crippen LogP contribution is 2.41. The molecule has 2 aliphatic rings. The van der Waals surface area contributed by atoms with Gasteiger partial charge in [0.05, 0.1) is 18.1 Å². The van der Waals surface area contributed by atoms with E-state index >= 15 is 0 Å². The first-order valence-corrected chi connectivity index (χ1v) is 11.0. The molecule has 152 valence electrons. The van der Waals surface area contributed by atoms with Crippen molar-refractivity contribution in [2.75, 3.05) is 41.4 Å². The summed E-state index contributed by atoms with van der Waals surface area (Å²) in [4.78, 5) is 2.56. The van der Waals surface area contributed by atoms with Crippen LogP contribution in [0.2, 0.25) is 0 Å². The second-order valence-electron chi connectivity index (χ2n) is 8.21. The van der Waals surface area contributed by atoms with Gasteiger partial charge in [0, 0.05) is 32.3 Å². The number of hydrogen-bond acceptors (Lipinski definition) is 5. The fraction of sp³-hybridized carbons (Fsp3) is 0.700. The number of rotatable bonds is 5. The van der Waals surface area contributed by atoms with Crippen LogP contribution in [0.5, 0.6) is 5.75 Å². The lowest BCUT2D eigenvalue weighted by Gasteiger charge is -2.40. The number of nitrogens with zero attached hydrogens (tertiary/aromatic N) is 2. The van der Waals surface area contributed by atoms with E-state index in [4.69, 9.17) is 9.47 Å². The molecular weight excluding hydrogens is 364 g/mol. The van der Waals surface area contributed by atoms with E-state index in [-0.39, 0.29) is 6.10 Å². The Labute approximate surface area is 163 Å². The Kier molecular flexibility index (Phi) is 5.87. The van der Waals surface area contributed by atoms with Gasteiger partial charge in [0.25, 0.3) is 0 Å². The number of likely N-dealkylation sites (N-methyl/N-ethyl adjacent to an activating group) is 1. The van der Waals surface area contributed by atoms with Crippen LogP contribution in [0.15, 0.2) is 17.0 Å². The van der Waals surface area contributed by atoms with Crippen LogP contribution < -0.4 is 4.74 Å². The number of hydrogen-bond donors (Lipinski definition) is 0. The van der Waals surface area contributed by atoms with Crippen molar-refractivity contribution in [3.63, 3.8) is 0 Å². The van der Waals surface area contributed by atoms with Crippen LogP contribution in [0.3, 0.4) is 0 Å². The van der Waals surface area contributed by atoms with E-state index in [9.17, 15) is 8.42 Å². The molecule has 27 heavy (non-hydrogen) atoms. The summed E-state index contributed by atoms with van der Waals surface area (Å²) >= 11 is 0. The lowest BCUT2D eigenvalue weighted by Crippen LogP contribution is -2.47. The van der Waals surface area contributed by atoms with Gasteiger partial charge in [0.2, 0.25) is 10.0 Å². The molecule has 1 saturated carbocycles. The van der Waals surface area contributed by atoms with Gasteiger partial charge < -0.3 is 14.4 Å². The molecule has 7 heteroatoms. The van der Waals surface area contributed by atoms with E-state index < -0.39 is 10.0 Å². The van der Waals surface area contributed by atoms with Crippen LogP contribution >= 0.6 is 0 Å². The van der Waals surface area contributed by atoms with E-state index in [0.29, 0.717) is 41.6 Å². The molecule has 4 atom stereocenters. The third kappa shape index (κ3) is 3.75. The monoisotopic (exact) mass is 396 g/mol. The van der Waals surface area contributed by atoms with Gasteiger partial charge >= 0.3 is 0 Å². The molecule has 3 rings (SSSR count). The van der Waals surface area contributed by atoms with Crippen molar-refractivity contribution in [3.05, 3.63) is 23.3 Å². The van der Waals surface area contributed by atoms with Crippen LogP contribution in [0, 0.1) is 25.7 Å². The molecule has 0 spiro atoms. The van der Waals surface area contributed by atoms with E-state index in [0.717, 1.165) is 24.0 Å². The molecule has 0 aromatic heterocycles. The van der Waals surface area contributed by atoms with E-state index in [1.165, 1.54) is 0 Å². The summed E-state index contributed by atoms with van der Waals surface area (Å²) in [6.45, 7) is 4.94. The fourth-order valence-corrected chi connectivity index (χ4v) is 6.57. The lowest BCUT2D eigenvalue weighted by atomic mass is 9.77. The summed E-state index contributed by atoms with van der Waals surface area (Å²) in [6, 6.07) is 3.89. The summed E-state index contributed by atoms with van der Waals surface area (Å²) in [5, 5.41) is 0. The standard InChI is InChI=1S/C20H32N2O4S/c1-13-7-14(2)20(10-18(13)25-5)27(23,24)22-11-15-8-17(21(3)4)19(26-6)9-16(15)12-22/h7,10,15-17,19H,8-9,11-12H2,1-6H3/t15-,16+,17-,19-/m1/s1. The molecule has 6 nitrogen and oxygen atoms in total. The fourth-order valence-electron chi connectivity index (χ4n) is 4.79. The van der Waals surface area contributed by atoms with Gasteiger partial charge in [0.1, 0.15) is 5.75 Å². The number of benzene rings is 1. The third-order valence-electron chi connectivity index (χ3n) is 6.33. The van der Waals surface area contributed by atoms with Crippen molar-refractivity contribution in [3.8, 4) is 5.75 Å².